The van der Waals surface area contributed by atoms with E-state index in [2.05, 4.69) is 27.9 Å². The maximum absolute atomic E-state index is 13.7. The molecule has 2 aliphatic carbocycles. The minimum Gasteiger partial charge on any atom is -0.482 e. The summed E-state index contributed by atoms with van der Waals surface area (Å²) in [7, 11) is 0. The first kappa shape index (κ1) is 26.4. The maximum atomic E-state index is 13.7. The third-order valence-electron chi connectivity index (χ3n) is 7.13. The van der Waals surface area contributed by atoms with Crippen molar-refractivity contribution >= 4 is 34.4 Å². The molecular weight excluding hydrogens is 563 g/mol. The van der Waals surface area contributed by atoms with E-state index in [0.717, 1.165) is 42.1 Å². The van der Waals surface area contributed by atoms with E-state index in [1.165, 1.54) is 0 Å². The second-order valence-corrected chi connectivity index (χ2v) is 10.7. The molecule has 1 saturated heterocycles. The van der Waals surface area contributed by atoms with E-state index in [1.54, 1.807) is 11.0 Å². The molecule has 4 atom stereocenters. The van der Waals surface area contributed by atoms with Gasteiger partial charge >= 0.3 is 0 Å². The highest BCUT2D eigenvalue weighted by atomic mass is 127. The molecule has 1 saturated carbocycles. The van der Waals surface area contributed by atoms with Crippen molar-refractivity contribution in [3.05, 3.63) is 39.5 Å². The zero-order valence-corrected chi connectivity index (χ0v) is 22.1. The molecule has 4 rings (SSSR count). The minimum atomic E-state index is -1.01. The Hall–Kier alpha value is -1.69. The molecule has 1 aromatic carbocycles. The largest absolute Gasteiger partial charge is 0.482 e. The third kappa shape index (κ3) is 6.55. The SMILES string of the molecule is O=C(NCCO)C1=C[C@H](Oc2ccccc2I)[C@@H](O)[C@H](N(C[C@@H]2CCCO2)C(=O)C2CCCC2)C1. The van der Waals surface area contributed by atoms with Crippen LogP contribution in [0.4, 0.5) is 0 Å². The molecule has 3 aliphatic rings. The summed E-state index contributed by atoms with van der Waals surface area (Å²) >= 11 is 2.17. The molecule has 0 radical (unpaired) electrons. The van der Waals surface area contributed by atoms with Crippen molar-refractivity contribution in [2.45, 2.75) is 69.3 Å². The van der Waals surface area contributed by atoms with E-state index in [9.17, 15) is 14.7 Å². The van der Waals surface area contributed by atoms with Crippen molar-refractivity contribution < 1.29 is 29.3 Å². The number of para-hydroxylation sites is 1. The number of nitrogens with one attached hydrogen (secondary N) is 1. The second-order valence-electron chi connectivity index (χ2n) is 9.55. The number of ether oxygens (including phenoxy) is 2. The molecule has 2 amide bonds. The van der Waals surface area contributed by atoms with Gasteiger partial charge in [-0.2, -0.15) is 0 Å². The van der Waals surface area contributed by atoms with Gasteiger partial charge < -0.3 is 29.9 Å². The van der Waals surface area contributed by atoms with E-state index in [1.807, 2.05) is 24.3 Å². The van der Waals surface area contributed by atoms with Crippen LogP contribution in [0.2, 0.25) is 0 Å². The Labute approximate surface area is 220 Å². The summed E-state index contributed by atoms with van der Waals surface area (Å²) in [5.74, 6) is 0.261. The zero-order chi connectivity index (χ0) is 24.8. The van der Waals surface area contributed by atoms with Crippen LogP contribution in [0.15, 0.2) is 35.9 Å². The molecule has 192 valence electrons. The molecule has 8 nitrogen and oxygen atoms in total. The molecule has 1 aromatic rings. The highest BCUT2D eigenvalue weighted by Crippen LogP contribution is 2.33. The van der Waals surface area contributed by atoms with Crippen molar-refractivity contribution in [1.82, 2.24) is 10.2 Å². The van der Waals surface area contributed by atoms with E-state index in [4.69, 9.17) is 14.6 Å². The fraction of sp³-hybridized carbons (Fsp3) is 0.615. The summed E-state index contributed by atoms with van der Waals surface area (Å²) in [5, 5.41) is 23.4. The van der Waals surface area contributed by atoms with Crippen LogP contribution >= 0.6 is 22.6 Å². The fourth-order valence-corrected chi connectivity index (χ4v) is 5.78. The quantitative estimate of drug-likeness (QED) is 0.377. The van der Waals surface area contributed by atoms with Gasteiger partial charge in [-0.1, -0.05) is 25.0 Å². The summed E-state index contributed by atoms with van der Waals surface area (Å²) in [6.45, 7) is 1.04. The van der Waals surface area contributed by atoms with Crippen LogP contribution in [0.3, 0.4) is 0 Å². The van der Waals surface area contributed by atoms with Gasteiger partial charge in [0.1, 0.15) is 18.0 Å². The molecule has 0 spiro atoms. The van der Waals surface area contributed by atoms with Crippen LogP contribution in [0.5, 0.6) is 5.75 Å². The number of rotatable bonds is 9. The van der Waals surface area contributed by atoms with E-state index in [-0.39, 0.29) is 43.4 Å². The number of hydrogen-bond donors (Lipinski definition) is 3. The Bertz CT molecular complexity index is 913. The first-order valence-electron chi connectivity index (χ1n) is 12.6. The summed E-state index contributed by atoms with van der Waals surface area (Å²) in [6, 6.07) is 6.89. The Balaban J connectivity index is 1.63. The van der Waals surface area contributed by atoms with Gasteiger partial charge in [0.05, 0.1) is 22.3 Å². The van der Waals surface area contributed by atoms with Crippen molar-refractivity contribution in [1.29, 1.82) is 0 Å². The van der Waals surface area contributed by atoms with Crippen molar-refractivity contribution in [2.75, 3.05) is 26.3 Å². The Morgan fingerprint density at radius 1 is 1.17 bits per heavy atom. The molecule has 2 fully saturated rings. The number of carbonyl (C=O) groups excluding carboxylic acids is 2. The van der Waals surface area contributed by atoms with Gasteiger partial charge in [0.2, 0.25) is 11.8 Å². The highest BCUT2D eigenvalue weighted by molar-refractivity contribution is 14.1. The van der Waals surface area contributed by atoms with Gasteiger partial charge in [-0.3, -0.25) is 9.59 Å². The predicted molar refractivity (Wildman–Crippen MR) is 139 cm³/mol. The molecule has 0 aromatic heterocycles. The van der Waals surface area contributed by atoms with Crippen molar-refractivity contribution in [3.8, 4) is 5.75 Å². The van der Waals surface area contributed by atoms with Gasteiger partial charge in [0.15, 0.2) is 0 Å². The summed E-state index contributed by atoms with van der Waals surface area (Å²) in [6.07, 6.45) is 5.59. The lowest BCUT2D eigenvalue weighted by Crippen LogP contribution is -2.57. The number of halogens is 1. The smallest absolute Gasteiger partial charge is 0.247 e. The minimum absolute atomic E-state index is 0.0344. The third-order valence-corrected chi connectivity index (χ3v) is 8.02. The molecule has 3 N–H and O–H groups in total. The molecule has 1 heterocycles. The Morgan fingerprint density at radius 2 is 1.94 bits per heavy atom. The predicted octanol–water partition coefficient (Wildman–Crippen LogP) is 2.40. The Kier molecular flexibility index (Phi) is 9.43. The van der Waals surface area contributed by atoms with Crippen LogP contribution in [-0.4, -0.2) is 77.6 Å². The highest BCUT2D eigenvalue weighted by Gasteiger charge is 2.43. The average Bonchev–Trinajstić information content (AvgIpc) is 3.58. The van der Waals surface area contributed by atoms with Gasteiger partial charge in [-0.05, 0) is 66.5 Å². The lowest BCUT2D eigenvalue weighted by molar-refractivity contribution is -0.145. The van der Waals surface area contributed by atoms with Crippen molar-refractivity contribution in [3.63, 3.8) is 0 Å². The Morgan fingerprint density at radius 3 is 2.63 bits per heavy atom. The van der Waals surface area contributed by atoms with Gasteiger partial charge in [0.25, 0.3) is 0 Å². The molecule has 0 bridgehead atoms. The number of aliphatic hydroxyl groups is 2. The summed E-state index contributed by atoms with van der Waals surface area (Å²) in [5.41, 5.74) is 0.446. The second kappa shape index (κ2) is 12.5. The molecule has 0 unspecified atom stereocenters. The summed E-state index contributed by atoms with van der Waals surface area (Å²) in [4.78, 5) is 28.4. The maximum Gasteiger partial charge on any atom is 0.247 e. The van der Waals surface area contributed by atoms with Gasteiger partial charge in [-0.15, -0.1) is 0 Å². The first-order chi connectivity index (χ1) is 17.0. The number of aliphatic hydroxyl groups excluding tert-OH is 2. The average molecular weight is 598 g/mol. The topological polar surface area (TPSA) is 108 Å². The van der Waals surface area contributed by atoms with Crippen molar-refractivity contribution in [2.24, 2.45) is 5.92 Å². The molecule has 35 heavy (non-hydrogen) atoms. The van der Waals surface area contributed by atoms with E-state index < -0.39 is 18.2 Å². The van der Waals surface area contributed by atoms with Crippen LogP contribution in [-0.2, 0) is 14.3 Å². The number of hydrogen-bond acceptors (Lipinski definition) is 6. The molecule has 1 aliphatic heterocycles. The lowest BCUT2D eigenvalue weighted by Gasteiger charge is -2.42. The van der Waals surface area contributed by atoms with E-state index >= 15 is 0 Å². The fourth-order valence-electron chi connectivity index (χ4n) is 5.27. The number of carbonyl (C=O) groups is 2. The molecular formula is C26H35IN2O6. The van der Waals surface area contributed by atoms with Crippen LogP contribution < -0.4 is 10.1 Å². The number of nitrogens with zero attached hydrogens (tertiary/aromatic N) is 1. The van der Waals surface area contributed by atoms with E-state index in [0.29, 0.717) is 24.5 Å². The van der Waals surface area contributed by atoms with Gasteiger partial charge in [0, 0.05) is 37.6 Å². The molecule has 9 heteroatoms. The number of benzene rings is 1. The monoisotopic (exact) mass is 598 g/mol. The van der Waals surface area contributed by atoms with Crippen LogP contribution in [0.1, 0.15) is 44.9 Å². The van der Waals surface area contributed by atoms with Gasteiger partial charge in [-0.25, -0.2) is 0 Å². The number of amides is 2. The normalized spacial score (nSPS) is 26.9. The standard InChI is InChI=1S/C26H35IN2O6/c27-20-9-3-4-10-22(20)35-23-15-18(25(32)28-11-12-30)14-21(24(23)31)29(16-19-8-5-13-34-19)26(33)17-6-1-2-7-17/h3-4,9-10,15,17,19,21,23-24,30-31H,1-2,5-8,11-14,16H2,(H,28,32)/t19-,21+,23-,24-/m0/s1. The first-order valence-corrected chi connectivity index (χ1v) is 13.7. The lowest BCUT2D eigenvalue weighted by atomic mass is 9.87. The van der Waals surface area contributed by atoms with Crippen LogP contribution in [0, 0.1) is 9.49 Å². The zero-order valence-electron chi connectivity index (χ0n) is 19.9. The summed E-state index contributed by atoms with van der Waals surface area (Å²) < 4.78 is 13.0. The van der Waals surface area contributed by atoms with Crippen LogP contribution in [0.25, 0.3) is 0 Å².